The number of hydrogen-bond acceptors (Lipinski definition) is 3. The third-order valence-corrected chi connectivity index (χ3v) is 4.72. The van der Waals surface area contributed by atoms with Gasteiger partial charge < -0.3 is 16.0 Å². The molecule has 1 aliphatic heterocycles. The van der Waals surface area contributed by atoms with Gasteiger partial charge in [0.15, 0.2) is 0 Å². The number of halogens is 2. The molecule has 1 aliphatic rings. The fourth-order valence-electron chi connectivity index (χ4n) is 2.77. The summed E-state index contributed by atoms with van der Waals surface area (Å²) in [5.74, 6) is -0.456. The summed E-state index contributed by atoms with van der Waals surface area (Å²) < 4.78 is 0. The van der Waals surface area contributed by atoms with Gasteiger partial charge in [-0.25, -0.2) is 0 Å². The number of anilines is 1. The van der Waals surface area contributed by atoms with Crippen molar-refractivity contribution in [2.24, 2.45) is 5.73 Å². The number of hydrogen-bond donors (Lipinski definition) is 2. The van der Waals surface area contributed by atoms with E-state index in [2.05, 4.69) is 10.2 Å². The molecule has 1 heterocycles. The number of carbonyl (C=O) groups excluding carboxylic acids is 1. The van der Waals surface area contributed by atoms with Crippen molar-refractivity contribution in [3.8, 4) is 11.1 Å². The molecular weight excluding hydrogens is 333 g/mol. The Morgan fingerprint density at radius 1 is 1.04 bits per heavy atom. The lowest BCUT2D eigenvalue weighted by molar-refractivity contribution is 0.100. The second-order valence-electron chi connectivity index (χ2n) is 5.46. The first-order chi connectivity index (χ1) is 11.1. The molecule has 4 nitrogen and oxygen atoms in total. The van der Waals surface area contributed by atoms with E-state index in [4.69, 9.17) is 28.9 Å². The monoisotopic (exact) mass is 349 g/mol. The molecule has 120 valence electrons. The van der Waals surface area contributed by atoms with Crippen LogP contribution in [0, 0.1) is 0 Å². The van der Waals surface area contributed by atoms with Crippen LogP contribution >= 0.6 is 23.2 Å². The van der Waals surface area contributed by atoms with Gasteiger partial charge in [-0.1, -0.05) is 35.3 Å². The molecule has 0 radical (unpaired) electrons. The summed E-state index contributed by atoms with van der Waals surface area (Å²) in [6, 6.07) is 11.1. The molecule has 2 aromatic rings. The summed E-state index contributed by atoms with van der Waals surface area (Å²) >= 11 is 12.0. The second-order valence-corrected chi connectivity index (χ2v) is 6.27. The van der Waals surface area contributed by atoms with Crippen LogP contribution in [0.5, 0.6) is 0 Å². The Morgan fingerprint density at radius 3 is 2.43 bits per heavy atom. The van der Waals surface area contributed by atoms with E-state index in [1.165, 1.54) is 0 Å². The molecule has 0 spiro atoms. The predicted molar refractivity (Wildman–Crippen MR) is 95.5 cm³/mol. The van der Waals surface area contributed by atoms with Crippen molar-refractivity contribution in [1.82, 2.24) is 5.32 Å². The molecule has 1 saturated heterocycles. The molecular formula is C17H17Cl2N3O. The van der Waals surface area contributed by atoms with Crippen molar-refractivity contribution in [2.75, 3.05) is 31.1 Å². The fraction of sp³-hybridized carbons (Fsp3) is 0.235. The van der Waals surface area contributed by atoms with Gasteiger partial charge in [0.2, 0.25) is 5.91 Å². The molecule has 0 bridgehead atoms. The maximum absolute atomic E-state index is 11.9. The second kappa shape index (κ2) is 6.79. The number of rotatable bonds is 3. The average molecular weight is 350 g/mol. The minimum Gasteiger partial charge on any atom is -0.369 e. The van der Waals surface area contributed by atoms with Crippen LogP contribution in [0.3, 0.4) is 0 Å². The maximum Gasteiger partial charge on any atom is 0.249 e. The molecule has 3 rings (SSSR count). The summed E-state index contributed by atoms with van der Waals surface area (Å²) in [5.41, 5.74) is 8.66. The van der Waals surface area contributed by atoms with Crippen LogP contribution in [-0.4, -0.2) is 32.1 Å². The van der Waals surface area contributed by atoms with Gasteiger partial charge in [-0.15, -0.1) is 0 Å². The average Bonchev–Trinajstić information content (AvgIpc) is 2.57. The number of primary amides is 1. The van der Waals surface area contributed by atoms with Crippen molar-refractivity contribution in [3.63, 3.8) is 0 Å². The zero-order valence-corrected chi connectivity index (χ0v) is 14.0. The number of benzene rings is 2. The Hall–Kier alpha value is -1.75. The lowest BCUT2D eigenvalue weighted by Gasteiger charge is -2.30. The van der Waals surface area contributed by atoms with Crippen molar-refractivity contribution < 1.29 is 4.79 Å². The summed E-state index contributed by atoms with van der Waals surface area (Å²) in [4.78, 5) is 14.2. The molecule has 23 heavy (non-hydrogen) atoms. The molecule has 0 unspecified atom stereocenters. The normalized spacial score (nSPS) is 14.8. The zero-order chi connectivity index (χ0) is 16.4. The lowest BCUT2D eigenvalue weighted by atomic mass is 9.98. The highest BCUT2D eigenvalue weighted by Gasteiger charge is 2.16. The van der Waals surface area contributed by atoms with E-state index in [1.807, 2.05) is 24.3 Å². The predicted octanol–water partition coefficient (Wildman–Crippen LogP) is 3.17. The molecule has 0 saturated carbocycles. The topological polar surface area (TPSA) is 58.4 Å². The van der Waals surface area contributed by atoms with E-state index in [1.54, 1.807) is 12.1 Å². The number of carbonyl (C=O) groups is 1. The molecule has 0 atom stereocenters. The molecule has 3 N–H and O–H groups in total. The molecule has 0 aliphatic carbocycles. The van der Waals surface area contributed by atoms with E-state index in [-0.39, 0.29) is 0 Å². The number of nitrogens with one attached hydrogen (secondary N) is 1. The van der Waals surface area contributed by atoms with Gasteiger partial charge in [-0.05, 0) is 35.4 Å². The van der Waals surface area contributed by atoms with Gasteiger partial charge >= 0.3 is 0 Å². The van der Waals surface area contributed by atoms with Crippen LogP contribution in [0.25, 0.3) is 11.1 Å². The van der Waals surface area contributed by atoms with Crippen molar-refractivity contribution in [3.05, 3.63) is 52.0 Å². The lowest BCUT2D eigenvalue weighted by Crippen LogP contribution is -2.43. The van der Waals surface area contributed by atoms with Crippen LogP contribution in [0.1, 0.15) is 10.4 Å². The first-order valence-corrected chi connectivity index (χ1v) is 8.17. The molecule has 6 heteroatoms. The Kier molecular flexibility index (Phi) is 4.76. The van der Waals surface area contributed by atoms with Gasteiger partial charge in [0, 0.05) is 37.4 Å². The number of amides is 1. The standard InChI is InChI=1S/C17H17Cl2N3O/c18-15-4-1-11(9-16(15)19)13-3-2-12(10-14(13)17(20)23)22-7-5-21-6-8-22/h1-4,9-10,21H,5-8H2,(H2,20,23). The van der Waals surface area contributed by atoms with Crippen molar-refractivity contribution >= 4 is 34.8 Å². The fourth-order valence-corrected chi connectivity index (χ4v) is 3.07. The van der Waals surface area contributed by atoms with Crippen LogP contribution in [0.4, 0.5) is 5.69 Å². The van der Waals surface area contributed by atoms with E-state index in [0.29, 0.717) is 15.6 Å². The number of piperazine rings is 1. The third-order valence-electron chi connectivity index (χ3n) is 3.98. The molecule has 1 fully saturated rings. The zero-order valence-electron chi connectivity index (χ0n) is 12.5. The van der Waals surface area contributed by atoms with E-state index >= 15 is 0 Å². The van der Waals surface area contributed by atoms with Crippen LogP contribution in [-0.2, 0) is 0 Å². The maximum atomic E-state index is 11.9. The minimum absolute atomic E-state index is 0.450. The number of nitrogens with zero attached hydrogens (tertiary/aromatic N) is 1. The van der Waals surface area contributed by atoms with Crippen LogP contribution in [0.2, 0.25) is 10.0 Å². The summed E-state index contributed by atoms with van der Waals surface area (Å²) in [6.07, 6.45) is 0. The molecule has 1 amide bonds. The summed E-state index contributed by atoms with van der Waals surface area (Å²) in [5, 5.41) is 4.24. The number of nitrogens with two attached hydrogens (primary N) is 1. The Labute approximate surface area is 145 Å². The van der Waals surface area contributed by atoms with E-state index in [9.17, 15) is 4.79 Å². The van der Waals surface area contributed by atoms with Crippen molar-refractivity contribution in [1.29, 1.82) is 0 Å². The summed E-state index contributed by atoms with van der Waals surface area (Å²) in [6.45, 7) is 3.68. The highest BCUT2D eigenvalue weighted by molar-refractivity contribution is 6.42. The summed E-state index contributed by atoms with van der Waals surface area (Å²) in [7, 11) is 0. The first-order valence-electron chi connectivity index (χ1n) is 7.41. The van der Waals surface area contributed by atoms with Crippen molar-refractivity contribution in [2.45, 2.75) is 0 Å². The Morgan fingerprint density at radius 2 is 1.78 bits per heavy atom. The van der Waals surface area contributed by atoms with Crippen LogP contribution < -0.4 is 16.0 Å². The Bertz CT molecular complexity index is 743. The molecule has 0 aromatic heterocycles. The van der Waals surface area contributed by atoms with Crippen LogP contribution in [0.15, 0.2) is 36.4 Å². The highest BCUT2D eigenvalue weighted by atomic mass is 35.5. The minimum atomic E-state index is -0.456. The van der Waals surface area contributed by atoms with Gasteiger partial charge in [0.25, 0.3) is 0 Å². The third kappa shape index (κ3) is 3.44. The van der Waals surface area contributed by atoms with Gasteiger partial charge in [-0.3, -0.25) is 4.79 Å². The smallest absolute Gasteiger partial charge is 0.249 e. The van der Waals surface area contributed by atoms with Gasteiger partial charge in [0.05, 0.1) is 10.0 Å². The SMILES string of the molecule is NC(=O)c1cc(N2CCNCC2)ccc1-c1ccc(Cl)c(Cl)c1. The highest BCUT2D eigenvalue weighted by Crippen LogP contribution is 2.32. The Balaban J connectivity index is 2.03. The van der Waals surface area contributed by atoms with E-state index in [0.717, 1.165) is 43.0 Å². The van der Waals surface area contributed by atoms with Gasteiger partial charge in [-0.2, -0.15) is 0 Å². The molecule has 2 aromatic carbocycles. The van der Waals surface area contributed by atoms with E-state index < -0.39 is 5.91 Å². The van der Waals surface area contributed by atoms with Gasteiger partial charge in [0.1, 0.15) is 0 Å². The quantitative estimate of drug-likeness (QED) is 0.894. The largest absolute Gasteiger partial charge is 0.369 e. The first kappa shape index (κ1) is 16.1.